The van der Waals surface area contributed by atoms with Gasteiger partial charge in [0.1, 0.15) is 11.0 Å². The zero-order valence-corrected chi connectivity index (χ0v) is 9.88. The van der Waals surface area contributed by atoms with E-state index in [0.29, 0.717) is 6.42 Å². The lowest BCUT2D eigenvalue weighted by Crippen LogP contribution is -2.11. The predicted molar refractivity (Wildman–Crippen MR) is 65.6 cm³/mol. The Labute approximate surface area is 98.0 Å². The highest BCUT2D eigenvalue weighted by molar-refractivity contribution is 7.00. The van der Waals surface area contributed by atoms with Crippen LogP contribution >= 0.6 is 11.7 Å². The third-order valence-corrected chi connectivity index (χ3v) is 2.86. The van der Waals surface area contributed by atoms with Gasteiger partial charge >= 0.3 is 0 Å². The Hall–Kier alpha value is -1.49. The normalized spacial score (nSPS) is 10.6. The molecule has 0 fully saturated rings. The van der Waals surface area contributed by atoms with Crippen LogP contribution in [0.5, 0.6) is 0 Å². The van der Waals surface area contributed by atoms with Crippen LogP contribution in [0.25, 0.3) is 11.0 Å². The van der Waals surface area contributed by atoms with E-state index in [1.54, 1.807) is 0 Å². The fraction of sp³-hybridized carbons (Fsp3) is 0.364. The van der Waals surface area contributed by atoms with Crippen molar-refractivity contribution < 1.29 is 4.79 Å². The average molecular weight is 235 g/mol. The van der Waals surface area contributed by atoms with E-state index in [1.165, 1.54) is 0 Å². The zero-order valence-electron chi connectivity index (χ0n) is 9.06. The summed E-state index contributed by atoms with van der Waals surface area (Å²) in [6, 6.07) is 5.62. The van der Waals surface area contributed by atoms with Crippen LogP contribution in [0.1, 0.15) is 26.2 Å². The minimum Gasteiger partial charge on any atom is -0.324 e. The molecule has 1 N–H and O–H groups in total. The van der Waals surface area contributed by atoms with Gasteiger partial charge in [-0.1, -0.05) is 19.4 Å². The molecule has 0 atom stereocenters. The first kappa shape index (κ1) is 11.0. The predicted octanol–water partition coefficient (Wildman–Crippen LogP) is 2.82. The molecule has 4 nitrogen and oxygen atoms in total. The number of fused-ring (bicyclic) bond motifs is 1. The minimum atomic E-state index is 0.0438. The number of carbonyl (C=O) groups is 1. The van der Waals surface area contributed by atoms with Crippen LogP contribution < -0.4 is 5.32 Å². The van der Waals surface area contributed by atoms with Crippen molar-refractivity contribution in [1.29, 1.82) is 0 Å². The zero-order chi connectivity index (χ0) is 11.4. The summed E-state index contributed by atoms with van der Waals surface area (Å²) in [5, 5.41) is 2.87. The van der Waals surface area contributed by atoms with Gasteiger partial charge in [0.25, 0.3) is 0 Å². The monoisotopic (exact) mass is 235 g/mol. The van der Waals surface area contributed by atoms with Crippen LogP contribution in [0.2, 0.25) is 0 Å². The Balaban J connectivity index is 2.14. The lowest BCUT2D eigenvalue weighted by molar-refractivity contribution is -0.116. The summed E-state index contributed by atoms with van der Waals surface area (Å²) in [6.07, 6.45) is 2.50. The molecule has 0 aliphatic carbocycles. The van der Waals surface area contributed by atoms with Gasteiger partial charge in [-0.3, -0.25) is 4.79 Å². The molecule has 0 saturated carbocycles. The van der Waals surface area contributed by atoms with Gasteiger partial charge in [-0.2, -0.15) is 8.75 Å². The number of hydrogen-bond acceptors (Lipinski definition) is 4. The summed E-state index contributed by atoms with van der Waals surface area (Å²) >= 11 is 1.16. The van der Waals surface area contributed by atoms with Crippen molar-refractivity contribution >= 4 is 34.4 Å². The number of amides is 1. The largest absolute Gasteiger partial charge is 0.324 e. The molecule has 5 heteroatoms. The number of hydrogen-bond donors (Lipinski definition) is 1. The topological polar surface area (TPSA) is 54.9 Å². The van der Waals surface area contributed by atoms with Crippen LogP contribution in [0.3, 0.4) is 0 Å². The van der Waals surface area contributed by atoms with Gasteiger partial charge in [0, 0.05) is 6.42 Å². The average Bonchev–Trinajstić information content (AvgIpc) is 2.75. The number of aromatic nitrogens is 2. The van der Waals surface area contributed by atoms with Gasteiger partial charge in [0.2, 0.25) is 5.91 Å². The number of anilines is 1. The standard InChI is InChI=1S/C11H13N3OS/c1-2-3-7-10(15)12-8-5-4-6-9-11(8)14-16-13-9/h4-6H,2-3,7H2,1H3,(H,12,15). The highest BCUT2D eigenvalue weighted by Gasteiger charge is 2.07. The molecule has 1 aromatic carbocycles. The molecule has 84 valence electrons. The van der Waals surface area contributed by atoms with Crippen LogP contribution in [0.15, 0.2) is 18.2 Å². The first-order valence-corrected chi connectivity index (χ1v) is 6.05. The molecule has 16 heavy (non-hydrogen) atoms. The van der Waals surface area contributed by atoms with E-state index in [0.717, 1.165) is 41.3 Å². The third-order valence-electron chi connectivity index (χ3n) is 2.32. The van der Waals surface area contributed by atoms with Gasteiger partial charge < -0.3 is 5.32 Å². The number of benzene rings is 1. The second-order valence-electron chi connectivity index (χ2n) is 3.59. The summed E-state index contributed by atoms with van der Waals surface area (Å²) in [5.74, 6) is 0.0438. The number of nitrogens with zero attached hydrogens (tertiary/aromatic N) is 2. The van der Waals surface area contributed by atoms with Crippen molar-refractivity contribution in [1.82, 2.24) is 8.75 Å². The summed E-state index contributed by atoms with van der Waals surface area (Å²) < 4.78 is 8.30. The Morgan fingerprint density at radius 1 is 1.44 bits per heavy atom. The van der Waals surface area contributed by atoms with E-state index in [2.05, 4.69) is 21.0 Å². The third kappa shape index (κ3) is 2.36. The lowest BCUT2D eigenvalue weighted by atomic mass is 10.2. The van der Waals surface area contributed by atoms with Gasteiger partial charge in [0.05, 0.1) is 17.4 Å². The number of unbranched alkanes of at least 4 members (excludes halogenated alkanes) is 1. The Morgan fingerprint density at radius 3 is 3.12 bits per heavy atom. The second-order valence-corrected chi connectivity index (χ2v) is 4.12. The van der Waals surface area contributed by atoms with Crippen LogP contribution in [-0.4, -0.2) is 14.7 Å². The minimum absolute atomic E-state index is 0.0438. The van der Waals surface area contributed by atoms with Gasteiger partial charge in [0.15, 0.2) is 0 Å². The number of carbonyl (C=O) groups excluding carboxylic acids is 1. The molecule has 1 amide bonds. The maximum absolute atomic E-state index is 11.6. The van der Waals surface area contributed by atoms with Crippen molar-refractivity contribution in [3.63, 3.8) is 0 Å². The van der Waals surface area contributed by atoms with Crippen LogP contribution in [0.4, 0.5) is 5.69 Å². The highest BCUT2D eigenvalue weighted by atomic mass is 32.1. The van der Waals surface area contributed by atoms with E-state index in [1.807, 2.05) is 18.2 Å². The first-order valence-electron chi connectivity index (χ1n) is 5.32. The molecule has 1 heterocycles. The molecule has 0 radical (unpaired) electrons. The molecule has 1 aromatic heterocycles. The summed E-state index contributed by atoms with van der Waals surface area (Å²) in [5.41, 5.74) is 2.36. The van der Waals surface area contributed by atoms with Gasteiger partial charge in [-0.25, -0.2) is 0 Å². The molecule has 0 spiro atoms. The highest BCUT2D eigenvalue weighted by Crippen LogP contribution is 2.21. The van der Waals surface area contributed by atoms with Crippen molar-refractivity contribution in [3.05, 3.63) is 18.2 Å². The quantitative estimate of drug-likeness (QED) is 0.886. The molecule has 2 rings (SSSR count). The van der Waals surface area contributed by atoms with E-state index in [-0.39, 0.29) is 5.91 Å². The van der Waals surface area contributed by atoms with Crippen molar-refractivity contribution in [3.8, 4) is 0 Å². The summed E-state index contributed by atoms with van der Waals surface area (Å²) in [6.45, 7) is 2.07. The van der Waals surface area contributed by atoms with E-state index in [9.17, 15) is 4.79 Å². The molecule has 2 aromatic rings. The fourth-order valence-corrected chi connectivity index (χ4v) is 2.01. The molecule has 0 saturated heterocycles. The molecule has 0 unspecified atom stereocenters. The first-order chi connectivity index (χ1) is 7.81. The SMILES string of the molecule is CCCCC(=O)Nc1cccc2nsnc12. The van der Waals surface area contributed by atoms with E-state index in [4.69, 9.17) is 0 Å². The lowest BCUT2D eigenvalue weighted by Gasteiger charge is -2.04. The van der Waals surface area contributed by atoms with E-state index < -0.39 is 0 Å². The second kappa shape index (κ2) is 5.03. The Bertz CT molecular complexity index is 495. The summed E-state index contributed by atoms with van der Waals surface area (Å²) in [7, 11) is 0. The van der Waals surface area contributed by atoms with Crippen LogP contribution in [-0.2, 0) is 4.79 Å². The molecule has 0 aliphatic heterocycles. The number of rotatable bonds is 4. The van der Waals surface area contributed by atoms with Crippen molar-refractivity contribution in [2.24, 2.45) is 0 Å². The smallest absolute Gasteiger partial charge is 0.224 e. The van der Waals surface area contributed by atoms with Gasteiger partial charge in [-0.05, 0) is 18.6 Å². The Kier molecular flexibility index (Phi) is 3.46. The molecule has 0 bridgehead atoms. The van der Waals surface area contributed by atoms with Crippen molar-refractivity contribution in [2.45, 2.75) is 26.2 Å². The van der Waals surface area contributed by atoms with Gasteiger partial charge in [-0.15, -0.1) is 0 Å². The molecular weight excluding hydrogens is 222 g/mol. The van der Waals surface area contributed by atoms with E-state index >= 15 is 0 Å². The summed E-state index contributed by atoms with van der Waals surface area (Å²) in [4.78, 5) is 11.6. The number of nitrogens with one attached hydrogen (secondary N) is 1. The van der Waals surface area contributed by atoms with Crippen molar-refractivity contribution in [2.75, 3.05) is 5.32 Å². The fourth-order valence-electron chi connectivity index (χ4n) is 1.46. The maximum Gasteiger partial charge on any atom is 0.224 e. The Morgan fingerprint density at radius 2 is 2.31 bits per heavy atom. The molecular formula is C11H13N3OS. The maximum atomic E-state index is 11.6. The van der Waals surface area contributed by atoms with Crippen LogP contribution in [0, 0.1) is 0 Å². The molecule has 0 aliphatic rings.